The van der Waals surface area contributed by atoms with Crippen LogP contribution in [-0.4, -0.2) is 66.0 Å². The summed E-state index contributed by atoms with van der Waals surface area (Å²) in [6.07, 6.45) is 0.823. The van der Waals surface area contributed by atoms with Gasteiger partial charge in [0.1, 0.15) is 17.3 Å². The molecular formula is C25H26FN5O3S. The number of hydrogen-bond donors (Lipinski definition) is 0. The zero-order valence-corrected chi connectivity index (χ0v) is 20.6. The number of benzene rings is 2. The second-order valence-electron chi connectivity index (χ2n) is 8.32. The van der Waals surface area contributed by atoms with E-state index in [0.29, 0.717) is 36.7 Å². The topological polar surface area (TPSA) is 72.7 Å². The first-order chi connectivity index (χ1) is 17.0. The van der Waals surface area contributed by atoms with Crippen molar-refractivity contribution in [3.63, 3.8) is 0 Å². The fourth-order valence-electron chi connectivity index (χ4n) is 4.28. The second kappa shape index (κ2) is 9.53. The van der Waals surface area contributed by atoms with Gasteiger partial charge in [0.05, 0.1) is 35.9 Å². The molecule has 35 heavy (non-hydrogen) atoms. The number of anilines is 1. The van der Waals surface area contributed by atoms with Crippen LogP contribution >= 0.6 is 11.3 Å². The summed E-state index contributed by atoms with van der Waals surface area (Å²) in [5, 5.41) is 5.50. The molecule has 0 atom stereocenters. The van der Waals surface area contributed by atoms with Crippen LogP contribution < -0.4 is 14.4 Å². The summed E-state index contributed by atoms with van der Waals surface area (Å²) in [4.78, 5) is 22.3. The summed E-state index contributed by atoms with van der Waals surface area (Å²) in [5.74, 6) is 0.801. The minimum absolute atomic E-state index is 0.0570. The van der Waals surface area contributed by atoms with Crippen molar-refractivity contribution in [2.75, 3.05) is 45.3 Å². The van der Waals surface area contributed by atoms with Gasteiger partial charge in [0.15, 0.2) is 10.8 Å². The zero-order valence-electron chi connectivity index (χ0n) is 19.8. The Bertz CT molecular complexity index is 1370. The highest BCUT2D eigenvalue weighted by Crippen LogP contribution is 2.33. The highest BCUT2D eigenvalue weighted by atomic mass is 32.1. The molecule has 0 bridgehead atoms. The number of rotatable bonds is 5. The number of amides is 1. The molecular weight excluding hydrogens is 469 g/mol. The van der Waals surface area contributed by atoms with Gasteiger partial charge >= 0.3 is 0 Å². The molecule has 5 rings (SSSR count). The van der Waals surface area contributed by atoms with E-state index in [1.807, 2.05) is 11.8 Å². The lowest BCUT2D eigenvalue weighted by Gasteiger charge is -2.22. The maximum absolute atomic E-state index is 13.4. The molecule has 0 radical (unpaired) electrons. The van der Waals surface area contributed by atoms with Crippen LogP contribution in [0.5, 0.6) is 11.5 Å². The fraction of sp³-hybridized carbons (Fsp3) is 0.320. The van der Waals surface area contributed by atoms with Crippen LogP contribution in [0.2, 0.25) is 0 Å². The van der Waals surface area contributed by atoms with Crippen molar-refractivity contribution >= 4 is 32.7 Å². The quantitative estimate of drug-likeness (QED) is 0.411. The monoisotopic (exact) mass is 495 g/mol. The normalized spacial score (nSPS) is 14.3. The predicted molar refractivity (Wildman–Crippen MR) is 134 cm³/mol. The molecule has 182 valence electrons. The Hall–Kier alpha value is -3.66. The first-order valence-corrected chi connectivity index (χ1v) is 12.2. The van der Waals surface area contributed by atoms with Crippen LogP contribution in [-0.2, 0) is 0 Å². The standard InChI is InChI=1S/C25H26FN5O3S/c1-16-22-23(31(28-16)18-7-5-17(26)6-8-18)27-25(35-22)30-12-4-11-29(13-14-30)24(32)20-10-9-19(33-2)15-21(20)34-3/h5-10,15H,4,11-14H2,1-3H3. The molecule has 8 nitrogen and oxygen atoms in total. The van der Waals surface area contributed by atoms with Gasteiger partial charge in [-0.05, 0) is 49.7 Å². The van der Waals surface area contributed by atoms with Gasteiger partial charge in [0.2, 0.25) is 0 Å². The predicted octanol–water partition coefficient (Wildman–Crippen LogP) is 4.30. The van der Waals surface area contributed by atoms with Crippen molar-refractivity contribution in [3.05, 3.63) is 59.5 Å². The number of nitrogens with zero attached hydrogens (tertiary/aromatic N) is 5. The number of carbonyl (C=O) groups excluding carboxylic acids is 1. The number of aromatic nitrogens is 3. The van der Waals surface area contributed by atoms with Crippen molar-refractivity contribution < 1.29 is 18.7 Å². The first-order valence-electron chi connectivity index (χ1n) is 11.4. The Morgan fingerprint density at radius 3 is 2.57 bits per heavy atom. The molecule has 1 fully saturated rings. The molecule has 4 aromatic rings. The highest BCUT2D eigenvalue weighted by molar-refractivity contribution is 7.22. The van der Waals surface area contributed by atoms with E-state index in [0.717, 1.165) is 39.8 Å². The molecule has 3 heterocycles. The Kier molecular flexibility index (Phi) is 6.29. The summed E-state index contributed by atoms with van der Waals surface area (Å²) in [6.45, 7) is 4.65. The van der Waals surface area contributed by atoms with Gasteiger partial charge in [-0.1, -0.05) is 11.3 Å². The van der Waals surface area contributed by atoms with Crippen molar-refractivity contribution in [2.24, 2.45) is 0 Å². The average Bonchev–Trinajstić information content (AvgIpc) is 3.34. The minimum atomic E-state index is -0.288. The van der Waals surface area contributed by atoms with Crippen molar-refractivity contribution in [2.45, 2.75) is 13.3 Å². The summed E-state index contributed by atoms with van der Waals surface area (Å²) in [7, 11) is 3.14. The lowest BCUT2D eigenvalue weighted by atomic mass is 10.1. The third kappa shape index (κ3) is 4.41. The van der Waals surface area contributed by atoms with Gasteiger partial charge in [0, 0.05) is 32.2 Å². The van der Waals surface area contributed by atoms with E-state index in [9.17, 15) is 9.18 Å². The molecule has 1 saturated heterocycles. The molecule has 0 unspecified atom stereocenters. The number of aryl methyl sites for hydroxylation is 1. The third-order valence-electron chi connectivity index (χ3n) is 6.14. The van der Waals surface area contributed by atoms with Gasteiger partial charge in [-0.3, -0.25) is 4.79 Å². The Labute approximate surface area is 206 Å². The van der Waals surface area contributed by atoms with Crippen molar-refractivity contribution in [3.8, 4) is 17.2 Å². The molecule has 2 aromatic carbocycles. The van der Waals surface area contributed by atoms with E-state index >= 15 is 0 Å². The lowest BCUT2D eigenvalue weighted by Crippen LogP contribution is -2.35. The Balaban J connectivity index is 1.36. The van der Waals surface area contributed by atoms with Gasteiger partial charge in [0.25, 0.3) is 5.91 Å². The summed E-state index contributed by atoms with van der Waals surface area (Å²) >= 11 is 1.59. The first kappa shape index (κ1) is 23.1. The molecule has 0 aliphatic carbocycles. The lowest BCUT2D eigenvalue weighted by molar-refractivity contribution is 0.0763. The van der Waals surface area contributed by atoms with Gasteiger partial charge in [-0.15, -0.1) is 0 Å². The number of methoxy groups -OCH3 is 2. The van der Waals surface area contributed by atoms with Gasteiger partial charge < -0.3 is 19.3 Å². The van der Waals surface area contributed by atoms with Crippen molar-refractivity contribution in [1.29, 1.82) is 0 Å². The van der Waals surface area contributed by atoms with E-state index in [-0.39, 0.29) is 11.7 Å². The molecule has 0 N–H and O–H groups in total. The number of hydrogen-bond acceptors (Lipinski definition) is 7. The molecule has 1 amide bonds. The van der Waals surface area contributed by atoms with Crippen LogP contribution in [0.3, 0.4) is 0 Å². The van der Waals surface area contributed by atoms with Crippen molar-refractivity contribution in [1.82, 2.24) is 19.7 Å². The molecule has 0 saturated carbocycles. The van der Waals surface area contributed by atoms with E-state index in [4.69, 9.17) is 14.5 Å². The molecule has 1 aliphatic heterocycles. The largest absolute Gasteiger partial charge is 0.497 e. The minimum Gasteiger partial charge on any atom is -0.497 e. The second-order valence-corrected chi connectivity index (χ2v) is 9.30. The summed E-state index contributed by atoms with van der Waals surface area (Å²) in [6, 6.07) is 11.5. The summed E-state index contributed by atoms with van der Waals surface area (Å²) < 4.78 is 26.8. The van der Waals surface area contributed by atoms with E-state index in [1.54, 1.807) is 60.6 Å². The number of thiazole rings is 1. The van der Waals surface area contributed by atoms with Gasteiger partial charge in [-0.25, -0.2) is 9.07 Å². The van der Waals surface area contributed by atoms with Crippen LogP contribution in [0.4, 0.5) is 9.52 Å². The number of halogens is 1. The number of ether oxygens (including phenoxy) is 2. The number of fused-ring (bicyclic) bond motifs is 1. The summed E-state index contributed by atoms with van der Waals surface area (Å²) in [5.41, 5.74) is 2.93. The third-order valence-corrected chi connectivity index (χ3v) is 7.36. The van der Waals surface area contributed by atoms with E-state index < -0.39 is 0 Å². The maximum atomic E-state index is 13.4. The van der Waals surface area contributed by atoms with E-state index in [1.165, 1.54) is 12.1 Å². The fourth-order valence-corrected chi connectivity index (χ4v) is 5.32. The number of carbonyl (C=O) groups is 1. The van der Waals surface area contributed by atoms with Gasteiger partial charge in [-0.2, -0.15) is 10.1 Å². The Morgan fingerprint density at radius 1 is 1.03 bits per heavy atom. The van der Waals surface area contributed by atoms with Crippen LogP contribution in [0.1, 0.15) is 22.5 Å². The van der Waals surface area contributed by atoms with Crippen LogP contribution in [0.15, 0.2) is 42.5 Å². The SMILES string of the molecule is COc1ccc(C(=O)N2CCCN(c3nc4c(s3)c(C)nn4-c3ccc(F)cc3)CC2)c(OC)c1. The maximum Gasteiger partial charge on any atom is 0.257 e. The smallest absolute Gasteiger partial charge is 0.257 e. The average molecular weight is 496 g/mol. The molecule has 0 spiro atoms. The highest BCUT2D eigenvalue weighted by Gasteiger charge is 2.25. The van der Waals surface area contributed by atoms with Crippen LogP contribution in [0.25, 0.3) is 16.0 Å². The Morgan fingerprint density at radius 2 is 1.83 bits per heavy atom. The molecule has 10 heteroatoms. The molecule has 1 aliphatic rings. The zero-order chi connectivity index (χ0) is 24.5. The molecule has 2 aromatic heterocycles. The van der Waals surface area contributed by atoms with Crippen LogP contribution in [0, 0.1) is 12.7 Å². The van der Waals surface area contributed by atoms with E-state index in [2.05, 4.69) is 10.00 Å².